The van der Waals surface area contributed by atoms with Crippen molar-refractivity contribution in [3.8, 4) is 11.4 Å². The van der Waals surface area contributed by atoms with Crippen LogP contribution in [-0.2, 0) is 6.54 Å². The highest BCUT2D eigenvalue weighted by atomic mass is 19.1. The largest absolute Gasteiger partial charge is 0.318 e. The molecule has 2 aromatic rings. The third-order valence-corrected chi connectivity index (χ3v) is 2.12. The molecule has 0 fully saturated rings. The van der Waals surface area contributed by atoms with E-state index in [1.807, 2.05) is 34.7 Å². The minimum Gasteiger partial charge on any atom is -0.318 e. The lowest BCUT2D eigenvalue weighted by Gasteiger charge is -1.97. The zero-order valence-corrected chi connectivity index (χ0v) is 12.9. The second-order valence-electron chi connectivity index (χ2n) is 3.33. The quantitative estimate of drug-likeness (QED) is 0.936. The molecule has 1 N–H and O–H groups in total. The first-order chi connectivity index (χ1) is 9.79. The van der Waals surface area contributed by atoms with E-state index >= 15 is 0 Å². The molecule has 0 aliphatic heterocycles. The molecular weight excluding hydrogens is 257 g/mol. The van der Waals surface area contributed by atoms with Crippen molar-refractivity contribution < 1.29 is 4.39 Å². The molecule has 0 bridgehead atoms. The van der Waals surface area contributed by atoms with Gasteiger partial charge in [0.05, 0.1) is 24.6 Å². The molecule has 2 heterocycles. The van der Waals surface area contributed by atoms with Gasteiger partial charge in [0.15, 0.2) is 0 Å². The summed E-state index contributed by atoms with van der Waals surface area (Å²) in [6.45, 7) is 9.56. The number of halogens is 1. The fourth-order valence-electron chi connectivity index (χ4n) is 1.28. The monoisotopic (exact) mass is 281 g/mol. The highest BCUT2D eigenvalue weighted by Crippen LogP contribution is 2.12. The minimum atomic E-state index is -0.355. The molecule has 0 unspecified atom stereocenters. The topological polar surface area (TPSA) is 55.6 Å². The van der Waals surface area contributed by atoms with E-state index in [0.717, 1.165) is 13.1 Å². The van der Waals surface area contributed by atoms with Gasteiger partial charge in [-0.05, 0) is 19.2 Å². The molecule has 0 aromatic carbocycles. The van der Waals surface area contributed by atoms with Crippen LogP contribution >= 0.6 is 0 Å². The van der Waals surface area contributed by atoms with Crippen molar-refractivity contribution in [2.75, 3.05) is 13.6 Å². The Hall–Kier alpha value is -1.82. The number of aromatic nitrogens is 4. The van der Waals surface area contributed by atoms with Gasteiger partial charge in [-0.3, -0.25) is 9.67 Å². The van der Waals surface area contributed by atoms with Crippen molar-refractivity contribution in [1.29, 1.82) is 0 Å². The van der Waals surface area contributed by atoms with Gasteiger partial charge >= 0.3 is 0 Å². The van der Waals surface area contributed by atoms with Gasteiger partial charge in [0.2, 0.25) is 0 Å². The van der Waals surface area contributed by atoms with Gasteiger partial charge in [0.1, 0.15) is 11.5 Å². The number of likely N-dealkylation sites (N-methyl/N-ethyl adjacent to an activating group) is 1. The Bertz CT molecular complexity index is 453. The van der Waals surface area contributed by atoms with Gasteiger partial charge in [0.25, 0.3) is 0 Å². The first-order valence-electron chi connectivity index (χ1n) is 6.96. The normalized spacial score (nSPS) is 9.10. The zero-order chi connectivity index (χ0) is 15.4. The Kier molecular flexibility index (Phi) is 10.0. The van der Waals surface area contributed by atoms with E-state index in [-0.39, 0.29) is 5.82 Å². The van der Waals surface area contributed by atoms with Crippen LogP contribution in [0.15, 0.2) is 24.5 Å². The van der Waals surface area contributed by atoms with E-state index in [9.17, 15) is 4.39 Å². The number of pyridine rings is 1. The molecule has 0 aliphatic rings. The van der Waals surface area contributed by atoms with E-state index in [1.54, 1.807) is 16.9 Å². The summed E-state index contributed by atoms with van der Waals surface area (Å²) < 4.78 is 14.4. The lowest BCUT2D eigenvalue weighted by molar-refractivity contribution is 0.565. The predicted molar refractivity (Wildman–Crippen MR) is 79.8 cm³/mol. The smallest absolute Gasteiger partial charge is 0.141 e. The van der Waals surface area contributed by atoms with Crippen LogP contribution in [0.2, 0.25) is 0 Å². The van der Waals surface area contributed by atoms with Crippen LogP contribution in [0.5, 0.6) is 0 Å². The SMILES string of the molecule is CC.CC.CNCCn1cc(-c2ccc(F)cn2)nn1. The fraction of sp³-hybridized carbons (Fsp3) is 0.500. The van der Waals surface area contributed by atoms with Crippen molar-refractivity contribution in [2.24, 2.45) is 0 Å². The molecular formula is C14H24FN5. The lowest BCUT2D eigenvalue weighted by Crippen LogP contribution is -2.15. The van der Waals surface area contributed by atoms with Crippen molar-refractivity contribution in [3.05, 3.63) is 30.3 Å². The van der Waals surface area contributed by atoms with E-state index in [2.05, 4.69) is 20.6 Å². The summed E-state index contributed by atoms with van der Waals surface area (Å²) in [4.78, 5) is 3.94. The number of hydrogen-bond acceptors (Lipinski definition) is 4. The van der Waals surface area contributed by atoms with Crippen LogP contribution in [-0.4, -0.2) is 33.6 Å². The highest BCUT2D eigenvalue weighted by molar-refractivity contribution is 5.51. The van der Waals surface area contributed by atoms with E-state index in [4.69, 9.17) is 0 Å². The van der Waals surface area contributed by atoms with Crippen LogP contribution in [0.25, 0.3) is 11.4 Å². The molecule has 0 atom stereocenters. The van der Waals surface area contributed by atoms with Gasteiger partial charge in [-0.15, -0.1) is 5.10 Å². The van der Waals surface area contributed by atoms with Crippen molar-refractivity contribution in [1.82, 2.24) is 25.3 Å². The molecule has 112 valence electrons. The Morgan fingerprint density at radius 1 is 1.15 bits per heavy atom. The number of rotatable bonds is 4. The Labute approximate surface area is 120 Å². The second kappa shape index (κ2) is 11.0. The van der Waals surface area contributed by atoms with Crippen LogP contribution in [0, 0.1) is 5.82 Å². The predicted octanol–water partition coefficient (Wildman–Crippen LogP) is 2.75. The number of nitrogens with one attached hydrogen (secondary N) is 1. The van der Waals surface area contributed by atoms with Crippen molar-refractivity contribution in [3.63, 3.8) is 0 Å². The van der Waals surface area contributed by atoms with Crippen LogP contribution in [0.3, 0.4) is 0 Å². The Balaban J connectivity index is 0.000000829. The Morgan fingerprint density at radius 3 is 2.40 bits per heavy atom. The minimum absolute atomic E-state index is 0.355. The molecule has 6 heteroatoms. The van der Waals surface area contributed by atoms with Crippen molar-refractivity contribution >= 4 is 0 Å². The first-order valence-corrected chi connectivity index (χ1v) is 6.96. The van der Waals surface area contributed by atoms with Crippen LogP contribution in [0.1, 0.15) is 27.7 Å². The molecule has 0 radical (unpaired) electrons. The lowest BCUT2D eigenvalue weighted by atomic mass is 10.3. The first kappa shape index (κ1) is 18.2. The van der Waals surface area contributed by atoms with Gasteiger partial charge in [-0.25, -0.2) is 4.39 Å². The molecule has 20 heavy (non-hydrogen) atoms. The maximum Gasteiger partial charge on any atom is 0.141 e. The van der Waals surface area contributed by atoms with Gasteiger partial charge in [-0.2, -0.15) is 0 Å². The van der Waals surface area contributed by atoms with E-state index in [0.29, 0.717) is 11.4 Å². The average Bonchev–Trinajstić information content (AvgIpc) is 2.99. The summed E-state index contributed by atoms with van der Waals surface area (Å²) in [7, 11) is 1.87. The summed E-state index contributed by atoms with van der Waals surface area (Å²) in [6, 6.07) is 2.94. The van der Waals surface area contributed by atoms with Gasteiger partial charge in [0, 0.05) is 6.54 Å². The number of nitrogens with zero attached hydrogens (tertiary/aromatic N) is 4. The number of hydrogen-bond donors (Lipinski definition) is 1. The average molecular weight is 281 g/mol. The molecule has 5 nitrogen and oxygen atoms in total. The summed E-state index contributed by atoms with van der Waals surface area (Å²) >= 11 is 0. The molecule has 0 saturated heterocycles. The van der Waals surface area contributed by atoms with Crippen LogP contribution < -0.4 is 5.32 Å². The second-order valence-corrected chi connectivity index (χ2v) is 3.33. The third kappa shape index (κ3) is 5.88. The summed E-state index contributed by atoms with van der Waals surface area (Å²) in [5.74, 6) is -0.355. The van der Waals surface area contributed by atoms with Gasteiger partial charge in [-0.1, -0.05) is 32.9 Å². The van der Waals surface area contributed by atoms with Crippen molar-refractivity contribution in [2.45, 2.75) is 34.2 Å². The van der Waals surface area contributed by atoms with E-state index < -0.39 is 0 Å². The Morgan fingerprint density at radius 2 is 1.85 bits per heavy atom. The summed E-state index contributed by atoms with van der Waals surface area (Å²) in [6.07, 6.45) is 2.96. The zero-order valence-electron chi connectivity index (χ0n) is 12.9. The molecule has 0 aliphatic carbocycles. The molecule has 0 spiro atoms. The highest BCUT2D eigenvalue weighted by Gasteiger charge is 2.04. The summed E-state index contributed by atoms with van der Waals surface area (Å²) in [5, 5.41) is 10.9. The summed E-state index contributed by atoms with van der Waals surface area (Å²) in [5.41, 5.74) is 1.27. The van der Waals surface area contributed by atoms with Crippen LogP contribution in [0.4, 0.5) is 4.39 Å². The van der Waals surface area contributed by atoms with E-state index in [1.165, 1.54) is 12.3 Å². The maximum atomic E-state index is 12.7. The maximum absolute atomic E-state index is 12.7. The third-order valence-electron chi connectivity index (χ3n) is 2.12. The molecule has 2 aromatic heterocycles. The molecule has 0 saturated carbocycles. The molecule has 2 rings (SSSR count). The van der Waals surface area contributed by atoms with Gasteiger partial charge < -0.3 is 5.32 Å². The standard InChI is InChI=1S/C10H12FN5.2C2H6/c1-12-4-5-16-7-10(14-15-16)9-3-2-8(11)6-13-9;2*1-2/h2-3,6-7,12H,4-5H2,1H3;2*1-2H3. The fourth-order valence-corrected chi connectivity index (χ4v) is 1.28. The molecule has 0 amide bonds.